The second-order valence-electron chi connectivity index (χ2n) is 8.35. The number of carboxylic acids is 1. The van der Waals surface area contributed by atoms with Crippen LogP contribution in [0, 0.1) is 5.41 Å². The fraction of sp³-hybridized carbons (Fsp3) is 0.556. The van der Waals surface area contributed by atoms with Crippen LogP contribution in [0.2, 0.25) is 0 Å². The number of β-lactam (4-membered cyclic amide) rings is 1. The van der Waals surface area contributed by atoms with Gasteiger partial charge < -0.3 is 25.9 Å². The molecule has 192 valence electrons. The Hall–Kier alpha value is -2.57. The summed E-state index contributed by atoms with van der Waals surface area (Å²) in [7, 11) is 1.67. The van der Waals surface area contributed by atoms with Crippen molar-refractivity contribution in [2.45, 2.75) is 22.7 Å². The number of tetrazole rings is 1. The highest BCUT2D eigenvalue weighted by Crippen LogP contribution is 2.44. The van der Waals surface area contributed by atoms with E-state index in [0.717, 1.165) is 22.8 Å². The molecule has 0 spiro atoms. The number of aromatic nitrogens is 5. The highest BCUT2D eigenvalue weighted by Gasteiger charge is 2.57. The summed E-state index contributed by atoms with van der Waals surface area (Å²) in [6.07, 6.45) is -0.0807. The minimum absolute atomic E-state index is 0.0233. The van der Waals surface area contributed by atoms with Gasteiger partial charge >= 0.3 is 5.97 Å². The van der Waals surface area contributed by atoms with Crippen molar-refractivity contribution in [1.82, 2.24) is 35.4 Å². The lowest BCUT2D eigenvalue weighted by Crippen LogP contribution is -2.74. The van der Waals surface area contributed by atoms with Crippen LogP contribution in [0.5, 0.6) is 0 Å². The predicted molar refractivity (Wildman–Crippen MR) is 135 cm³/mol. The lowest BCUT2D eigenvalue weighted by Gasteiger charge is -2.53. The summed E-state index contributed by atoms with van der Waals surface area (Å²) in [5, 5.41) is 29.9. The van der Waals surface area contributed by atoms with Crippen LogP contribution < -0.4 is 11.1 Å². The predicted octanol–water partition coefficient (Wildman–Crippen LogP) is -0.652. The number of carbonyl (C=O) groups excluding carboxylic acids is 2. The molecule has 2 aromatic heterocycles. The molecule has 0 saturated carbocycles. The Labute approximate surface area is 221 Å². The summed E-state index contributed by atoms with van der Waals surface area (Å²) in [6.45, 7) is 0.0233. The monoisotopic (exact) mass is 571 g/mol. The van der Waals surface area contributed by atoms with Crippen LogP contribution in [0.15, 0.2) is 15.7 Å². The van der Waals surface area contributed by atoms with Crippen LogP contribution >= 0.6 is 46.6 Å². The largest absolute Gasteiger partial charge is 0.481 e. The van der Waals surface area contributed by atoms with Gasteiger partial charge in [0.05, 0.1) is 0 Å². The Morgan fingerprint density at radius 1 is 1.44 bits per heavy atom. The number of rotatable bonds is 9. The molecule has 0 aromatic carbocycles. The molecule has 14 nitrogen and oxygen atoms in total. The smallest absolute Gasteiger partial charge is 0.313 e. The van der Waals surface area contributed by atoms with E-state index in [-0.39, 0.29) is 52.0 Å². The Balaban J connectivity index is 1.25. The number of hydrogen-bond acceptors (Lipinski definition) is 14. The number of aliphatic carboxylic acids is 1. The van der Waals surface area contributed by atoms with Crippen LogP contribution in [0.1, 0.15) is 5.69 Å². The molecule has 18 heteroatoms. The summed E-state index contributed by atoms with van der Waals surface area (Å²) in [6, 6.07) is -0.815. The second-order valence-corrected chi connectivity index (χ2v) is 12.4. The van der Waals surface area contributed by atoms with Crippen LogP contribution in [-0.2, 0) is 26.3 Å². The third kappa shape index (κ3) is 4.73. The zero-order valence-electron chi connectivity index (χ0n) is 18.8. The van der Waals surface area contributed by atoms with Gasteiger partial charge in [-0.1, -0.05) is 16.9 Å². The molecule has 2 unspecified atom stereocenters. The van der Waals surface area contributed by atoms with Crippen molar-refractivity contribution < 1.29 is 24.3 Å². The van der Waals surface area contributed by atoms with Crippen LogP contribution in [0.25, 0.3) is 0 Å². The molecular weight excluding hydrogens is 551 g/mol. The number of carboxylic acid groups (broad SMARTS) is 1. The zero-order chi connectivity index (χ0) is 25.4. The van der Waals surface area contributed by atoms with Gasteiger partial charge in [0.2, 0.25) is 11.1 Å². The molecule has 2 amide bonds. The van der Waals surface area contributed by atoms with Gasteiger partial charge in [0.15, 0.2) is 10.8 Å². The van der Waals surface area contributed by atoms with Crippen molar-refractivity contribution in [3.8, 4) is 0 Å². The lowest BCUT2D eigenvalue weighted by molar-refractivity contribution is -0.157. The summed E-state index contributed by atoms with van der Waals surface area (Å²) in [5.74, 6) is 0.0462. The van der Waals surface area contributed by atoms with Gasteiger partial charge in [-0.3, -0.25) is 14.4 Å². The molecule has 3 saturated heterocycles. The van der Waals surface area contributed by atoms with E-state index in [9.17, 15) is 19.5 Å². The molecule has 3 aliphatic rings. The van der Waals surface area contributed by atoms with Crippen LogP contribution in [0.4, 0.5) is 5.13 Å². The van der Waals surface area contributed by atoms with Crippen molar-refractivity contribution in [3.63, 3.8) is 0 Å². The third-order valence-electron chi connectivity index (χ3n) is 5.82. The second kappa shape index (κ2) is 10.1. The topological polar surface area (TPSA) is 191 Å². The molecule has 5 rings (SSSR count). The van der Waals surface area contributed by atoms with Crippen molar-refractivity contribution in [3.05, 3.63) is 11.1 Å². The Kier molecular flexibility index (Phi) is 7.01. The number of carbonyl (C=O) groups is 3. The average Bonchev–Trinajstić information content (AvgIpc) is 3.44. The number of oxime groups is 1. The maximum absolute atomic E-state index is 13.1. The number of nitrogen functional groups attached to an aromatic ring is 1. The fourth-order valence-electron chi connectivity index (χ4n) is 3.66. The minimum Gasteiger partial charge on any atom is -0.481 e. The number of hydrogen-bond donors (Lipinski definition) is 3. The fourth-order valence-corrected chi connectivity index (χ4v) is 7.47. The first-order valence-electron chi connectivity index (χ1n) is 10.6. The Bertz CT molecular complexity index is 1220. The number of anilines is 1. The molecule has 0 aliphatic carbocycles. The SMILES string of the molecule is Cn1nnnc1SCC1(C(=O)O)CS[C@@H]2C(NC(=O)C(=NOC3CSC3)c3csc(N)n3)C(=O)N2C1. The van der Waals surface area contributed by atoms with E-state index in [0.29, 0.717) is 5.16 Å². The maximum Gasteiger partial charge on any atom is 0.313 e. The van der Waals surface area contributed by atoms with Gasteiger partial charge in [0.1, 0.15) is 28.6 Å². The number of nitrogens with one attached hydrogen (secondary N) is 1. The first-order chi connectivity index (χ1) is 17.3. The highest BCUT2D eigenvalue weighted by molar-refractivity contribution is 8.01. The molecule has 3 fully saturated rings. The molecule has 5 heterocycles. The number of nitrogens with zero attached hydrogens (tertiary/aromatic N) is 7. The van der Waals surface area contributed by atoms with E-state index in [1.807, 2.05) is 0 Å². The average molecular weight is 572 g/mol. The van der Waals surface area contributed by atoms with E-state index >= 15 is 0 Å². The molecule has 3 atom stereocenters. The first kappa shape index (κ1) is 25.1. The molecular formula is C18H21N9O5S4. The van der Waals surface area contributed by atoms with E-state index in [1.54, 1.807) is 24.2 Å². The van der Waals surface area contributed by atoms with Gasteiger partial charge in [-0.2, -0.15) is 11.8 Å². The number of thioether (sulfide) groups is 3. The first-order valence-corrected chi connectivity index (χ1v) is 14.7. The number of fused-ring (bicyclic) bond motifs is 1. The van der Waals surface area contributed by atoms with E-state index < -0.39 is 23.3 Å². The summed E-state index contributed by atoms with van der Waals surface area (Å²) >= 11 is 5.41. The number of nitrogens with two attached hydrogens (primary N) is 1. The molecule has 3 aliphatic heterocycles. The Morgan fingerprint density at radius 2 is 2.25 bits per heavy atom. The van der Waals surface area contributed by atoms with E-state index in [4.69, 9.17) is 10.6 Å². The van der Waals surface area contributed by atoms with Crippen LogP contribution in [-0.4, -0.2) is 106 Å². The maximum atomic E-state index is 13.1. The molecule has 36 heavy (non-hydrogen) atoms. The lowest BCUT2D eigenvalue weighted by atomic mass is 9.89. The normalized spacial score (nSPS) is 26.1. The zero-order valence-corrected chi connectivity index (χ0v) is 22.0. The molecule has 2 aromatic rings. The van der Waals surface area contributed by atoms with Crippen LogP contribution in [0.3, 0.4) is 0 Å². The standard InChI is InChI=1S/C18H21N9O5S4/c1-26-17(22-24-25-26)36-7-18(15(30)31)5-27-13(29)11(14(27)35-6-18)21-12(28)10(9-4-34-16(19)20-9)23-32-8-2-33-3-8/h4,8,11,14H,2-3,5-7H2,1H3,(H2,19,20)(H,21,28)(H,30,31)/t11?,14-,18?/m1/s1. The number of aryl methyl sites for hydroxylation is 1. The molecule has 0 radical (unpaired) electrons. The van der Waals surface area contributed by atoms with Gasteiger partial charge in [-0.15, -0.1) is 28.2 Å². The summed E-state index contributed by atoms with van der Waals surface area (Å²) in [5.41, 5.74) is 4.75. The van der Waals surface area contributed by atoms with Crippen molar-refractivity contribution in [2.24, 2.45) is 17.6 Å². The van der Waals surface area contributed by atoms with Crippen molar-refractivity contribution in [2.75, 3.05) is 35.3 Å². The van der Waals surface area contributed by atoms with Gasteiger partial charge in [0, 0.05) is 42.0 Å². The minimum atomic E-state index is -1.18. The van der Waals surface area contributed by atoms with Crippen molar-refractivity contribution >= 4 is 75.2 Å². The van der Waals surface area contributed by atoms with E-state index in [1.165, 1.54) is 33.1 Å². The van der Waals surface area contributed by atoms with Gasteiger partial charge in [0.25, 0.3) is 5.91 Å². The summed E-state index contributed by atoms with van der Waals surface area (Å²) < 4.78 is 1.46. The van der Waals surface area contributed by atoms with Gasteiger partial charge in [-0.05, 0) is 10.4 Å². The number of amides is 2. The quantitative estimate of drug-likeness (QED) is 0.149. The van der Waals surface area contributed by atoms with E-state index in [2.05, 4.69) is 31.0 Å². The third-order valence-corrected chi connectivity index (χ3v) is 10.6. The summed E-state index contributed by atoms with van der Waals surface area (Å²) in [4.78, 5) is 49.4. The van der Waals surface area contributed by atoms with Crippen molar-refractivity contribution in [1.29, 1.82) is 0 Å². The van der Waals surface area contributed by atoms with Gasteiger partial charge in [-0.25, -0.2) is 9.67 Å². The number of thiazole rings is 1. The molecule has 4 N–H and O–H groups in total. The Morgan fingerprint density at radius 3 is 2.86 bits per heavy atom. The molecule has 0 bridgehead atoms. The highest BCUT2D eigenvalue weighted by atomic mass is 32.2.